The van der Waals surface area contributed by atoms with E-state index < -0.39 is 0 Å². The van der Waals surface area contributed by atoms with Crippen LogP contribution < -0.4 is 14.4 Å². The van der Waals surface area contributed by atoms with Crippen molar-refractivity contribution in [3.05, 3.63) is 53.9 Å². The third-order valence-electron chi connectivity index (χ3n) is 7.14. The van der Waals surface area contributed by atoms with Crippen LogP contribution in [0.15, 0.2) is 42.5 Å². The lowest BCUT2D eigenvalue weighted by molar-refractivity contribution is 0.184. The summed E-state index contributed by atoms with van der Waals surface area (Å²) in [6.07, 6.45) is 0.901. The fourth-order valence-corrected chi connectivity index (χ4v) is 5.68. The van der Waals surface area contributed by atoms with Crippen molar-refractivity contribution in [1.29, 1.82) is 0 Å². The molecule has 2 aromatic carbocycles. The van der Waals surface area contributed by atoms with Gasteiger partial charge in [0.1, 0.15) is 17.5 Å². The van der Waals surface area contributed by atoms with Gasteiger partial charge >= 0.3 is 0 Å². The Bertz CT molecular complexity index is 1300. The van der Waals surface area contributed by atoms with E-state index in [9.17, 15) is 0 Å². The molecule has 1 aliphatic heterocycles. The van der Waals surface area contributed by atoms with Crippen molar-refractivity contribution in [3.63, 3.8) is 0 Å². The Hall–Kier alpha value is -2.95. The lowest BCUT2D eigenvalue weighted by Gasteiger charge is -2.40. The van der Waals surface area contributed by atoms with Crippen LogP contribution in [0.2, 0.25) is 0 Å². The number of nitrogens with zero attached hydrogens (tertiary/aromatic N) is 7. The monoisotopic (exact) mass is 543 g/mol. The SMILES string of the molecule is CCC(C)(C)n1nnnc1C(c1cc(OC)ccc1OC)N1CCN(c2nc3ccccc3s2)CC1.Cl. The van der Waals surface area contributed by atoms with Gasteiger partial charge in [0.15, 0.2) is 11.0 Å². The van der Waals surface area contributed by atoms with E-state index in [0.29, 0.717) is 0 Å². The van der Waals surface area contributed by atoms with Crippen LogP contribution in [0.25, 0.3) is 10.2 Å². The summed E-state index contributed by atoms with van der Waals surface area (Å²) in [5.41, 5.74) is 1.82. The smallest absolute Gasteiger partial charge is 0.186 e. The highest BCUT2D eigenvalue weighted by Crippen LogP contribution is 2.39. The summed E-state index contributed by atoms with van der Waals surface area (Å²) in [6.45, 7) is 9.88. The molecule has 1 saturated heterocycles. The van der Waals surface area contributed by atoms with Gasteiger partial charge in [0.05, 0.1) is 30.0 Å². The Morgan fingerprint density at radius 1 is 1.03 bits per heavy atom. The molecule has 3 heterocycles. The van der Waals surface area contributed by atoms with Crippen molar-refractivity contribution >= 4 is 39.1 Å². The number of piperazine rings is 1. The molecule has 198 valence electrons. The molecule has 5 rings (SSSR count). The minimum Gasteiger partial charge on any atom is -0.497 e. The largest absolute Gasteiger partial charge is 0.497 e. The van der Waals surface area contributed by atoms with Crippen LogP contribution >= 0.6 is 23.7 Å². The summed E-state index contributed by atoms with van der Waals surface area (Å²) in [7, 11) is 3.38. The number of thiazole rings is 1. The lowest BCUT2D eigenvalue weighted by Crippen LogP contribution is -2.49. The summed E-state index contributed by atoms with van der Waals surface area (Å²) < 4.78 is 14.6. The second kappa shape index (κ2) is 11.2. The number of methoxy groups -OCH3 is 2. The summed E-state index contributed by atoms with van der Waals surface area (Å²) in [5, 5.41) is 14.2. The Balaban J connectivity index is 0.00000320. The molecule has 1 aliphatic rings. The zero-order chi connectivity index (χ0) is 25.3. The molecule has 0 amide bonds. The number of rotatable bonds is 8. The third kappa shape index (κ3) is 5.23. The summed E-state index contributed by atoms with van der Waals surface area (Å²) in [6, 6.07) is 14.0. The molecular formula is C26H34ClN7O2S. The fraction of sp³-hybridized carbons (Fsp3) is 0.462. The Morgan fingerprint density at radius 3 is 2.46 bits per heavy atom. The molecule has 9 nitrogen and oxygen atoms in total. The molecule has 4 aromatic rings. The minimum absolute atomic E-state index is 0. The van der Waals surface area contributed by atoms with E-state index in [0.717, 1.165) is 66.1 Å². The average Bonchev–Trinajstić information content (AvgIpc) is 3.57. The van der Waals surface area contributed by atoms with Gasteiger partial charge in [0.2, 0.25) is 0 Å². The maximum atomic E-state index is 5.81. The van der Waals surface area contributed by atoms with Crippen LogP contribution in [0.3, 0.4) is 0 Å². The molecule has 1 fully saturated rings. The number of halogens is 1. The molecule has 0 aliphatic carbocycles. The van der Waals surface area contributed by atoms with Crippen LogP contribution in [0.1, 0.15) is 44.6 Å². The van der Waals surface area contributed by atoms with Crippen molar-refractivity contribution in [2.24, 2.45) is 0 Å². The average molecular weight is 544 g/mol. The maximum absolute atomic E-state index is 5.81. The molecular weight excluding hydrogens is 510 g/mol. The van der Waals surface area contributed by atoms with Gasteiger partial charge in [-0.1, -0.05) is 30.4 Å². The fourth-order valence-electron chi connectivity index (χ4n) is 4.66. The molecule has 2 aromatic heterocycles. The topological polar surface area (TPSA) is 81.4 Å². The number of tetrazole rings is 1. The van der Waals surface area contributed by atoms with E-state index >= 15 is 0 Å². The van der Waals surface area contributed by atoms with Gasteiger partial charge in [-0.25, -0.2) is 9.67 Å². The van der Waals surface area contributed by atoms with E-state index in [2.05, 4.69) is 64.3 Å². The minimum atomic E-state index is -0.230. The molecule has 37 heavy (non-hydrogen) atoms. The standard InChI is InChI=1S/C26H33N7O2S.ClH/c1-6-26(2,3)33-24(28-29-30-33)23(19-17-18(34-4)11-12-21(19)35-5)31-13-15-32(16-14-31)25-27-20-9-7-8-10-22(20)36-25;/h7-12,17,23H,6,13-16H2,1-5H3;1H. The quantitative estimate of drug-likeness (QED) is 0.314. The van der Waals surface area contributed by atoms with Crippen molar-refractivity contribution in [2.45, 2.75) is 38.8 Å². The van der Waals surface area contributed by atoms with Gasteiger partial charge in [-0.2, -0.15) is 0 Å². The highest BCUT2D eigenvalue weighted by atomic mass is 35.5. The molecule has 0 bridgehead atoms. The highest BCUT2D eigenvalue weighted by molar-refractivity contribution is 7.22. The molecule has 0 N–H and O–H groups in total. The number of aromatic nitrogens is 5. The highest BCUT2D eigenvalue weighted by Gasteiger charge is 2.36. The first-order valence-corrected chi connectivity index (χ1v) is 13.1. The number of hydrogen-bond acceptors (Lipinski definition) is 9. The summed E-state index contributed by atoms with van der Waals surface area (Å²) in [5.74, 6) is 2.37. The van der Waals surface area contributed by atoms with Crippen molar-refractivity contribution in [3.8, 4) is 11.5 Å². The summed E-state index contributed by atoms with van der Waals surface area (Å²) >= 11 is 1.75. The molecule has 0 spiro atoms. The van der Waals surface area contributed by atoms with Gasteiger partial charge in [-0.05, 0) is 61.0 Å². The van der Waals surface area contributed by atoms with Crippen molar-refractivity contribution in [2.75, 3.05) is 45.3 Å². The first kappa shape index (κ1) is 27.1. The number of fused-ring (bicyclic) bond motifs is 1. The molecule has 11 heteroatoms. The Kier molecular flexibility index (Phi) is 8.20. The van der Waals surface area contributed by atoms with Crippen molar-refractivity contribution in [1.82, 2.24) is 30.1 Å². The van der Waals surface area contributed by atoms with E-state index in [1.165, 1.54) is 4.70 Å². The predicted molar refractivity (Wildman–Crippen MR) is 149 cm³/mol. The van der Waals surface area contributed by atoms with E-state index in [1.807, 2.05) is 28.9 Å². The van der Waals surface area contributed by atoms with Crippen LogP contribution in [-0.2, 0) is 5.54 Å². The molecule has 0 saturated carbocycles. The summed E-state index contributed by atoms with van der Waals surface area (Å²) in [4.78, 5) is 9.69. The van der Waals surface area contributed by atoms with Gasteiger partial charge in [0.25, 0.3) is 0 Å². The number of ether oxygens (including phenoxy) is 2. The first-order chi connectivity index (χ1) is 17.4. The number of anilines is 1. The van der Waals surface area contributed by atoms with Gasteiger partial charge in [0, 0.05) is 31.7 Å². The van der Waals surface area contributed by atoms with E-state index in [4.69, 9.17) is 14.5 Å². The zero-order valence-corrected chi connectivity index (χ0v) is 23.6. The van der Waals surface area contributed by atoms with Gasteiger partial charge < -0.3 is 14.4 Å². The van der Waals surface area contributed by atoms with Gasteiger partial charge in [-0.3, -0.25) is 4.90 Å². The maximum Gasteiger partial charge on any atom is 0.186 e. The van der Waals surface area contributed by atoms with Crippen LogP contribution in [-0.4, -0.2) is 70.5 Å². The molecule has 0 radical (unpaired) electrons. The van der Waals surface area contributed by atoms with Crippen LogP contribution in [0.4, 0.5) is 5.13 Å². The van der Waals surface area contributed by atoms with Gasteiger partial charge in [-0.15, -0.1) is 17.5 Å². The second-order valence-electron chi connectivity index (χ2n) is 9.61. The normalized spacial score (nSPS) is 15.4. The van der Waals surface area contributed by atoms with Crippen LogP contribution in [0, 0.1) is 0 Å². The number of benzene rings is 2. The van der Waals surface area contributed by atoms with Crippen LogP contribution in [0.5, 0.6) is 11.5 Å². The molecule has 1 atom stereocenters. The predicted octanol–water partition coefficient (Wildman–Crippen LogP) is 4.78. The number of para-hydroxylation sites is 1. The molecule has 1 unspecified atom stereocenters. The number of hydrogen-bond donors (Lipinski definition) is 0. The zero-order valence-electron chi connectivity index (χ0n) is 21.9. The second-order valence-corrected chi connectivity index (χ2v) is 10.6. The first-order valence-electron chi connectivity index (χ1n) is 12.3. The Morgan fingerprint density at radius 2 is 1.78 bits per heavy atom. The van der Waals surface area contributed by atoms with E-state index in [-0.39, 0.29) is 24.0 Å². The van der Waals surface area contributed by atoms with Crippen molar-refractivity contribution < 1.29 is 9.47 Å². The third-order valence-corrected chi connectivity index (χ3v) is 8.24. The lowest BCUT2D eigenvalue weighted by atomic mass is 9.98. The van der Waals surface area contributed by atoms with E-state index in [1.54, 1.807) is 25.6 Å². The Labute approximate surface area is 227 Å².